The summed E-state index contributed by atoms with van der Waals surface area (Å²) >= 11 is 9.67. The van der Waals surface area contributed by atoms with E-state index in [-0.39, 0.29) is 5.82 Å². The van der Waals surface area contributed by atoms with Crippen LogP contribution in [-0.4, -0.2) is 5.33 Å². The van der Waals surface area contributed by atoms with E-state index in [1.165, 1.54) is 23.3 Å². The zero-order chi connectivity index (χ0) is 13.8. The Kier molecular flexibility index (Phi) is 5.00. The number of hydrogen-bond acceptors (Lipinski definition) is 0. The van der Waals surface area contributed by atoms with E-state index in [2.05, 4.69) is 35.0 Å². The van der Waals surface area contributed by atoms with Gasteiger partial charge in [0.1, 0.15) is 5.82 Å². The van der Waals surface area contributed by atoms with Gasteiger partial charge in [-0.15, -0.1) is 0 Å². The second kappa shape index (κ2) is 6.53. The molecule has 0 saturated carbocycles. The number of halogens is 3. The van der Waals surface area contributed by atoms with Gasteiger partial charge in [0, 0.05) is 10.4 Å². The third kappa shape index (κ3) is 3.58. The van der Waals surface area contributed by atoms with Crippen LogP contribution in [0.15, 0.2) is 42.5 Å². The highest BCUT2D eigenvalue weighted by Gasteiger charge is 2.15. The summed E-state index contributed by atoms with van der Waals surface area (Å²) in [6, 6.07) is 12.9. The zero-order valence-corrected chi connectivity index (χ0v) is 13.0. The highest BCUT2D eigenvalue weighted by Crippen LogP contribution is 2.29. The Morgan fingerprint density at radius 1 is 1.21 bits per heavy atom. The molecule has 0 bridgehead atoms. The van der Waals surface area contributed by atoms with Gasteiger partial charge in [-0.3, -0.25) is 0 Å². The van der Waals surface area contributed by atoms with E-state index < -0.39 is 0 Å². The molecule has 0 radical (unpaired) electrons. The molecule has 0 aliphatic rings. The summed E-state index contributed by atoms with van der Waals surface area (Å²) in [7, 11) is 0. The van der Waals surface area contributed by atoms with Crippen LogP contribution < -0.4 is 0 Å². The van der Waals surface area contributed by atoms with E-state index in [0.717, 1.165) is 17.3 Å². The van der Waals surface area contributed by atoms with Crippen LogP contribution in [-0.2, 0) is 6.42 Å². The Morgan fingerprint density at radius 3 is 2.58 bits per heavy atom. The first-order valence-electron chi connectivity index (χ1n) is 6.17. The minimum atomic E-state index is -0.292. The summed E-state index contributed by atoms with van der Waals surface area (Å²) in [6.45, 7) is 2.11. The first-order valence-corrected chi connectivity index (χ1v) is 7.67. The van der Waals surface area contributed by atoms with E-state index in [1.807, 2.05) is 12.1 Å². The molecule has 0 saturated heterocycles. The van der Waals surface area contributed by atoms with Gasteiger partial charge in [0.05, 0.1) is 0 Å². The summed E-state index contributed by atoms with van der Waals surface area (Å²) in [5.74, 6) is 0.0456. The molecule has 2 aromatic carbocycles. The van der Waals surface area contributed by atoms with Crippen molar-refractivity contribution in [2.45, 2.75) is 19.3 Å². The van der Waals surface area contributed by atoms with E-state index in [0.29, 0.717) is 10.9 Å². The molecular weight excluding hydrogens is 327 g/mol. The number of aryl methyl sites for hydroxylation is 1. The predicted octanol–water partition coefficient (Wildman–Crippen LogP) is 5.51. The van der Waals surface area contributed by atoms with E-state index >= 15 is 0 Å². The molecule has 0 nitrogen and oxygen atoms in total. The molecule has 0 N–H and O–H groups in total. The monoisotopic (exact) mass is 340 g/mol. The van der Waals surface area contributed by atoms with Crippen LogP contribution in [0.3, 0.4) is 0 Å². The van der Waals surface area contributed by atoms with Crippen molar-refractivity contribution in [3.05, 3.63) is 70.0 Å². The van der Waals surface area contributed by atoms with Gasteiger partial charge >= 0.3 is 0 Å². The standard InChI is InChI=1S/C16H15BrClF/c1-11-4-2-3-5-15(11)13(10-17)8-12-6-7-14(19)9-16(12)18/h2-7,9,13H,8,10H2,1H3. The van der Waals surface area contributed by atoms with Crippen LogP contribution in [0.4, 0.5) is 4.39 Å². The van der Waals surface area contributed by atoms with E-state index in [4.69, 9.17) is 11.6 Å². The fourth-order valence-electron chi connectivity index (χ4n) is 2.25. The van der Waals surface area contributed by atoms with Gasteiger partial charge in [0.2, 0.25) is 0 Å². The highest BCUT2D eigenvalue weighted by atomic mass is 79.9. The summed E-state index contributed by atoms with van der Waals surface area (Å²) in [5, 5.41) is 1.35. The smallest absolute Gasteiger partial charge is 0.124 e. The third-order valence-electron chi connectivity index (χ3n) is 3.30. The van der Waals surface area contributed by atoms with Crippen LogP contribution >= 0.6 is 27.5 Å². The minimum absolute atomic E-state index is 0.292. The summed E-state index contributed by atoms with van der Waals surface area (Å²) in [5.41, 5.74) is 3.56. The van der Waals surface area contributed by atoms with Crippen molar-refractivity contribution in [1.82, 2.24) is 0 Å². The molecule has 0 aliphatic heterocycles. The average molecular weight is 342 g/mol. The maximum absolute atomic E-state index is 13.1. The SMILES string of the molecule is Cc1ccccc1C(CBr)Cc1ccc(F)cc1Cl. The Hall–Kier alpha value is -0.860. The number of benzene rings is 2. The molecule has 0 spiro atoms. The molecule has 100 valence electrons. The van der Waals surface area contributed by atoms with Crippen LogP contribution in [0.2, 0.25) is 5.02 Å². The molecular formula is C16H15BrClF. The van der Waals surface area contributed by atoms with Crippen LogP contribution in [0.1, 0.15) is 22.6 Å². The topological polar surface area (TPSA) is 0 Å². The van der Waals surface area contributed by atoms with Crippen molar-refractivity contribution in [3.63, 3.8) is 0 Å². The van der Waals surface area contributed by atoms with Crippen LogP contribution in [0.5, 0.6) is 0 Å². The van der Waals surface area contributed by atoms with Gasteiger partial charge < -0.3 is 0 Å². The Morgan fingerprint density at radius 2 is 1.95 bits per heavy atom. The lowest BCUT2D eigenvalue weighted by atomic mass is 9.91. The van der Waals surface area contributed by atoms with E-state index in [9.17, 15) is 4.39 Å². The molecule has 0 aliphatic carbocycles. The first-order chi connectivity index (χ1) is 9.11. The lowest BCUT2D eigenvalue weighted by Crippen LogP contribution is -2.06. The van der Waals surface area contributed by atoms with Crippen molar-refractivity contribution in [1.29, 1.82) is 0 Å². The van der Waals surface area contributed by atoms with Crippen molar-refractivity contribution in [2.24, 2.45) is 0 Å². The Balaban J connectivity index is 2.27. The van der Waals surface area contributed by atoms with Crippen molar-refractivity contribution >= 4 is 27.5 Å². The van der Waals surface area contributed by atoms with Crippen LogP contribution in [0.25, 0.3) is 0 Å². The first kappa shape index (κ1) is 14.5. The average Bonchev–Trinajstić information content (AvgIpc) is 2.39. The van der Waals surface area contributed by atoms with Gasteiger partial charge in [0.15, 0.2) is 0 Å². The Bertz CT molecular complexity index is 568. The predicted molar refractivity (Wildman–Crippen MR) is 82.8 cm³/mol. The molecule has 0 fully saturated rings. The fraction of sp³-hybridized carbons (Fsp3) is 0.250. The summed E-state index contributed by atoms with van der Waals surface area (Å²) < 4.78 is 13.1. The highest BCUT2D eigenvalue weighted by molar-refractivity contribution is 9.09. The Labute approximate surface area is 126 Å². The quantitative estimate of drug-likeness (QED) is 0.643. The molecule has 19 heavy (non-hydrogen) atoms. The molecule has 0 heterocycles. The van der Waals surface area contributed by atoms with Crippen molar-refractivity contribution < 1.29 is 4.39 Å². The van der Waals surface area contributed by atoms with Gasteiger partial charge in [-0.1, -0.05) is 57.9 Å². The number of rotatable bonds is 4. The van der Waals surface area contributed by atoms with Gasteiger partial charge in [-0.25, -0.2) is 4.39 Å². The summed E-state index contributed by atoms with van der Waals surface area (Å²) in [4.78, 5) is 0. The van der Waals surface area contributed by atoms with E-state index in [1.54, 1.807) is 6.07 Å². The third-order valence-corrected chi connectivity index (χ3v) is 4.43. The molecule has 1 unspecified atom stereocenters. The second-order valence-corrected chi connectivity index (χ2v) is 5.70. The normalized spacial score (nSPS) is 12.4. The molecule has 2 aromatic rings. The van der Waals surface area contributed by atoms with Gasteiger partial charge in [0.25, 0.3) is 0 Å². The number of alkyl halides is 1. The zero-order valence-electron chi connectivity index (χ0n) is 10.7. The number of hydrogen-bond donors (Lipinski definition) is 0. The summed E-state index contributed by atoms with van der Waals surface area (Å²) in [6.07, 6.45) is 0.801. The fourth-order valence-corrected chi connectivity index (χ4v) is 3.07. The largest absolute Gasteiger partial charge is 0.207 e. The minimum Gasteiger partial charge on any atom is -0.207 e. The molecule has 0 amide bonds. The molecule has 1 atom stereocenters. The second-order valence-electron chi connectivity index (χ2n) is 4.65. The maximum atomic E-state index is 13.1. The maximum Gasteiger partial charge on any atom is 0.124 e. The lowest BCUT2D eigenvalue weighted by Gasteiger charge is -2.17. The molecule has 3 heteroatoms. The van der Waals surface area contributed by atoms with Crippen LogP contribution in [0, 0.1) is 12.7 Å². The molecule has 2 rings (SSSR count). The molecule has 0 aromatic heterocycles. The van der Waals surface area contributed by atoms with Gasteiger partial charge in [-0.2, -0.15) is 0 Å². The lowest BCUT2D eigenvalue weighted by molar-refractivity contribution is 0.626. The van der Waals surface area contributed by atoms with Gasteiger partial charge in [-0.05, 0) is 48.1 Å². The van der Waals surface area contributed by atoms with Crippen molar-refractivity contribution in [3.8, 4) is 0 Å². The van der Waals surface area contributed by atoms with Crippen molar-refractivity contribution in [2.75, 3.05) is 5.33 Å².